The Morgan fingerprint density at radius 2 is 2.42 bits per heavy atom. The van der Waals surface area contributed by atoms with Crippen LogP contribution in [0, 0.1) is 5.75 Å². The highest BCUT2D eigenvalue weighted by molar-refractivity contribution is 8.01. The van der Waals surface area contributed by atoms with Crippen LogP contribution < -0.4 is 5.32 Å². The Hall–Kier alpha value is 0.620. The van der Waals surface area contributed by atoms with Crippen LogP contribution >= 0.6 is 23.5 Å². The monoisotopic (exact) mass is 203 g/mol. The van der Waals surface area contributed by atoms with Crippen LogP contribution in [0.5, 0.6) is 0 Å². The van der Waals surface area contributed by atoms with Gasteiger partial charge in [0.25, 0.3) is 0 Å². The van der Waals surface area contributed by atoms with Crippen molar-refractivity contribution in [2.75, 3.05) is 36.9 Å². The minimum Gasteiger partial charge on any atom is -0.300 e. The molecular formula is C8H15N2S2. The molecule has 0 aliphatic carbocycles. The summed E-state index contributed by atoms with van der Waals surface area (Å²) in [6, 6.07) is 0. The van der Waals surface area contributed by atoms with Gasteiger partial charge in [-0.2, -0.15) is 23.5 Å². The third kappa shape index (κ3) is 2.31. The molecule has 2 heterocycles. The molecule has 2 saturated heterocycles. The van der Waals surface area contributed by atoms with Crippen LogP contribution in [0.15, 0.2) is 0 Å². The first-order chi connectivity index (χ1) is 5.97. The maximum Gasteiger partial charge on any atom is 0.0691 e. The van der Waals surface area contributed by atoms with Crippen LogP contribution in [0.4, 0.5) is 0 Å². The largest absolute Gasteiger partial charge is 0.300 e. The SMILES string of the molecule is [CH]1CN(C2CSCCN2)CCS1. The minimum absolute atomic E-state index is 0.640. The van der Waals surface area contributed by atoms with Gasteiger partial charge in [0.1, 0.15) is 0 Å². The van der Waals surface area contributed by atoms with E-state index in [2.05, 4.69) is 27.7 Å². The molecule has 0 saturated carbocycles. The molecule has 0 amide bonds. The molecule has 2 fully saturated rings. The lowest BCUT2D eigenvalue weighted by molar-refractivity contribution is 0.207. The molecule has 2 aliphatic rings. The molecule has 0 aromatic rings. The van der Waals surface area contributed by atoms with E-state index in [0.717, 1.165) is 6.54 Å². The molecule has 2 aliphatic heterocycles. The van der Waals surface area contributed by atoms with Crippen LogP contribution in [-0.4, -0.2) is 48.0 Å². The summed E-state index contributed by atoms with van der Waals surface area (Å²) >= 11 is 4.03. The maximum absolute atomic E-state index is 3.56. The highest BCUT2D eigenvalue weighted by Crippen LogP contribution is 2.18. The highest BCUT2D eigenvalue weighted by atomic mass is 32.2. The van der Waals surface area contributed by atoms with Crippen molar-refractivity contribution in [2.24, 2.45) is 0 Å². The van der Waals surface area contributed by atoms with Crippen molar-refractivity contribution in [2.45, 2.75) is 6.17 Å². The quantitative estimate of drug-likeness (QED) is 0.679. The third-order valence-corrected chi connectivity index (χ3v) is 4.11. The predicted molar refractivity (Wildman–Crippen MR) is 57.4 cm³/mol. The summed E-state index contributed by atoms with van der Waals surface area (Å²) < 4.78 is 0. The van der Waals surface area contributed by atoms with Crippen molar-refractivity contribution in [1.82, 2.24) is 10.2 Å². The fourth-order valence-corrected chi connectivity index (χ4v) is 3.35. The predicted octanol–water partition coefficient (Wildman–Crippen LogP) is 0.859. The molecule has 1 N–H and O–H groups in total. The van der Waals surface area contributed by atoms with Gasteiger partial charge < -0.3 is 5.32 Å². The molecule has 2 nitrogen and oxygen atoms in total. The number of rotatable bonds is 1. The van der Waals surface area contributed by atoms with Crippen molar-refractivity contribution < 1.29 is 0 Å². The topological polar surface area (TPSA) is 15.3 Å². The van der Waals surface area contributed by atoms with E-state index < -0.39 is 0 Å². The Labute approximate surface area is 82.8 Å². The Bertz CT molecular complexity index is 115. The number of nitrogens with zero attached hydrogens (tertiary/aromatic N) is 1. The van der Waals surface area contributed by atoms with Gasteiger partial charge in [-0.15, -0.1) is 0 Å². The Morgan fingerprint density at radius 1 is 1.42 bits per heavy atom. The summed E-state index contributed by atoms with van der Waals surface area (Å²) in [7, 11) is 0. The van der Waals surface area contributed by atoms with Gasteiger partial charge in [0.2, 0.25) is 0 Å². The smallest absolute Gasteiger partial charge is 0.0691 e. The molecule has 1 radical (unpaired) electrons. The van der Waals surface area contributed by atoms with Gasteiger partial charge in [0.05, 0.1) is 6.17 Å². The van der Waals surface area contributed by atoms with Crippen molar-refractivity contribution in [3.63, 3.8) is 0 Å². The fraction of sp³-hybridized carbons (Fsp3) is 0.875. The minimum atomic E-state index is 0.640. The van der Waals surface area contributed by atoms with E-state index in [1.54, 1.807) is 0 Å². The lowest BCUT2D eigenvalue weighted by Crippen LogP contribution is -2.52. The van der Waals surface area contributed by atoms with Crippen LogP contribution in [-0.2, 0) is 0 Å². The Morgan fingerprint density at radius 3 is 3.08 bits per heavy atom. The molecule has 1 unspecified atom stereocenters. The molecule has 0 bridgehead atoms. The molecule has 69 valence electrons. The van der Waals surface area contributed by atoms with Crippen LogP contribution in [0.25, 0.3) is 0 Å². The van der Waals surface area contributed by atoms with E-state index in [1.165, 1.54) is 30.3 Å². The summed E-state index contributed by atoms with van der Waals surface area (Å²) in [5.74, 6) is 6.13. The van der Waals surface area contributed by atoms with E-state index in [4.69, 9.17) is 0 Å². The average Bonchev–Trinajstić information content (AvgIpc) is 2.21. The second-order valence-electron chi connectivity index (χ2n) is 3.08. The standard InChI is InChI=1S/C8H15N2S2/c1-4-12-7-8(9-1)10-2-5-11-6-3-10/h5,8-9H,1-4,6-7H2. The number of nitrogens with one attached hydrogen (secondary N) is 1. The molecule has 12 heavy (non-hydrogen) atoms. The second-order valence-corrected chi connectivity index (χ2v) is 5.30. The van der Waals surface area contributed by atoms with E-state index in [1.807, 2.05) is 11.8 Å². The zero-order chi connectivity index (χ0) is 8.23. The molecule has 1 atom stereocenters. The van der Waals surface area contributed by atoms with Gasteiger partial charge in [-0.1, -0.05) is 0 Å². The first-order valence-corrected chi connectivity index (χ1v) is 6.65. The first kappa shape index (κ1) is 9.19. The van der Waals surface area contributed by atoms with Crippen molar-refractivity contribution in [3.8, 4) is 0 Å². The summed E-state index contributed by atoms with van der Waals surface area (Å²) in [4.78, 5) is 2.54. The lowest BCUT2D eigenvalue weighted by Gasteiger charge is -2.36. The molecule has 2 rings (SSSR count). The maximum atomic E-state index is 3.56. The number of hydrogen-bond donors (Lipinski definition) is 1. The van der Waals surface area contributed by atoms with Crippen molar-refractivity contribution in [3.05, 3.63) is 5.75 Å². The van der Waals surface area contributed by atoms with Gasteiger partial charge in [-0.05, 0) is 0 Å². The van der Waals surface area contributed by atoms with Crippen LogP contribution in [0.3, 0.4) is 0 Å². The summed E-state index contributed by atoms with van der Waals surface area (Å²) in [6.45, 7) is 3.58. The molecule has 4 heteroatoms. The van der Waals surface area contributed by atoms with Gasteiger partial charge in [-0.3, -0.25) is 4.90 Å². The normalized spacial score (nSPS) is 33.5. The van der Waals surface area contributed by atoms with Crippen molar-refractivity contribution in [1.29, 1.82) is 0 Å². The van der Waals surface area contributed by atoms with Crippen molar-refractivity contribution >= 4 is 23.5 Å². The fourth-order valence-electron chi connectivity index (χ4n) is 1.56. The van der Waals surface area contributed by atoms with Gasteiger partial charge in [0, 0.05) is 42.6 Å². The molecule has 0 aromatic carbocycles. The summed E-state index contributed by atoms with van der Waals surface area (Å²) in [6.07, 6.45) is 0.640. The molecular weight excluding hydrogens is 188 g/mol. The van der Waals surface area contributed by atoms with Crippen LogP contribution in [0.2, 0.25) is 0 Å². The zero-order valence-electron chi connectivity index (χ0n) is 7.16. The first-order valence-electron chi connectivity index (χ1n) is 4.45. The average molecular weight is 203 g/mol. The van der Waals surface area contributed by atoms with E-state index in [9.17, 15) is 0 Å². The third-order valence-electron chi connectivity index (χ3n) is 2.27. The summed E-state index contributed by atoms with van der Waals surface area (Å²) in [5.41, 5.74) is 0. The highest BCUT2D eigenvalue weighted by Gasteiger charge is 2.22. The number of thioether (sulfide) groups is 2. The molecule has 0 aromatic heterocycles. The molecule has 0 spiro atoms. The van der Waals surface area contributed by atoms with E-state index in [0.29, 0.717) is 6.17 Å². The summed E-state index contributed by atoms with van der Waals surface area (Å²) in [5, 5.41) is 3.56. The lowest BCUT2D eigenvalue weighted by atomic mass is 10.4. The Balaban J connectivity index is 1.80. The van der Waals surface area contributed by atoms with E-state index in [-0.39, 0.29) is 0 Å². The number of hydrogen-bond acceptors (Lipinski definition) is 4. The van der Waals surface area contributed by atoms with Gasteiger partial charge >= 0.3 is 0 Å². The van der Waals surface area contributed by atoms with Crippen LogP contribution in [0.1, 0.15) is 0 Å². The zero-order valence-corrected chi connectivity index (χ0v) is 8.79. The Kier molecular flexibility index (Phi) is 3.63. The van der Waals surface area contributed by atoms with Gasteiger partial charge in [-0.25, -0.2) is 0 Å². The second kappa shape index (κ2) is 4.74. The van der Waals surface area contributed by atoms with Gasteiger partial charge in [0.15, 0.2) is 0 Å². The van der Waals surface area contributed by atoms with E-state index >= 15 is 0 Å².